The van der Waals surface area contributed by atoms with Crippen LogP contribution in [0.5, 0.6) is 0 Å². The number of aryl methyl sites for hydroxylation is 1. The maximum absolute atomic E-state index is 12.4. The van der Waals surface area contributed by atoms with Crippen LogP contribution in [0.3, 0.4) is 0 Å². The summed E-state index contributed by atoms with van der Waals surface area (Å²) < 4.78 is 1.35. The summed E-state index contributed by atoms with van der Waals surface area (Å²) in [7, 11) is 0. The van der Waals surface area contributed by atoms with Crippen molar-refractivity contribution in [1.82, 2.24) is 14.9 Å². The van der Waals surface area contributed by atoms with Crippen LogP contribution < -0.4 is 10.9 Å². The zero-order chi connectivity index (χ0) is 18.5. The summed E-state index contributed by atoms with van der Waals surface area (Å²) >= 11 is 0. The number of amides is 1. The van der Waals surface area contributed by atoms with Gasteiger partial charge in [0.25, 0.3) is 5.56 Å². The molecular weight excluding hydrogens is 334 g/mol. The van der Waals surface area contributed by atoms with E-state index < -0.39 is 17.9 Å². The number of aliphatic carboxylic acids is 1. The fourth-order valence-electron chi connectivity index (χ4n) is 2.65. The number of carboxylic acid groups (broad SMARTS) is 1. The van der Waals surface area contributed by atoms with Gasteiger partial charge in [-0.1, -0.05) is 42.5 Å². The van der Waals surface area contributed by atoms with Gasteiger partial charge in [0, 0.05) is 13.0 Å². The lowest BCUT2D eigenvalue weighted by molar-refractivity contribution is -0.142. The van der Waals surface area contributed by atoms with Crippen LogP contribution in [0, 0.1) is 0 Å². The lowest BCUT2D eigenvalue weighted by Crippen LogP contribution is -2.34. The van der Waals surface area contributed by atoms with Gasteiger partial charge in [0.05, 0.1) is 17.2 Å². The minimum absolute atomic E-state index is 0.0312. The van der Waals surface area contributed by atoms with Crippen molar-refractivity contribution in [2.24, 2.45) is 0 Å². The third-order valence-corrected chi connectivity index (χ3v) is 4.00. The fraction of sp³-hybridized carbons (Fsp3) is 0.158. The van der Waals surface area contributed by atoms with Gasteiger partial charge in [-0.2, -0.15) is 0 Å². The van der Waals surface area contributed by atoms with E-state index in [1.165, 1.54) is 10.9 Å². The van der Waals surface area contributed by atoms with E-state index in [4.69, 9.17) is 0 Å². The number of benzene rings is 2. The van der Waals surface area contributed by atoms with Gasteiger partial charge in [-0.05, 0) is 17.7 Å². The molecule has 3 aromatic rings. The first-order chi connectivity index (χ1) is 12.6. The van der Waals surface area contributed by atoms with E-state index in [1.54, 1.807) is 54.6 Å². The average Bonchev–Trinajstić information content (AvgIpc) is 2.66. The number of nitrogens with one attached hydrogen (secondary N) is 1. The Morgan fingerprint density at radius 2 is 1.77 bits per heavy atom. The largest absolute Gasteiger partial charge is 0.479 e. The molecule has 7 heteroatoms. The highest BCUT2D eigenvalue weighted by Crippen LogP contribution is 2.13. The van der Waals surface area contributed by atoms with Crippen LogP contribution in [-0.2, 0) is 16.1 Å². The number of hydrogen-bond donors (Lipinski definition) is 2. The molecule has 0 saturated heterocycles. The lowest BCUT2D eigenvalue weighted by Gasteiger charge is -2.15. The molecule has 1 atom stereocenters. The molecule has 0 aliphatic heterocycles. The summed E-state index contributed by atoms with van der Waals surface area (Å²) in [5.41, 5.74) is 0.840. The highest BCUT2D eigenvalue weighted by atomic mass is 16.4. The molecule has 1 heterocycles. The highest BCUT2D eigenvalue weighted by Gasteiger charge is 2.21. The molecule has 0 aliphatic rings. The van der Waals surface area contributed by atoms with E-state index >= 15 is 0 Å². The summed E-state index contributed by atoms with van der Waals surface area (Å²) in [5, 5.41) is 12.3. The normalized spacial score (nSPS) is 11.8. The van der Waals surface area contributed by atoms with E-state index in [9.17, 15) is 19.5 Å². The van der Waals surface area contributed by atoms with Crippen molar-refractivity contribution in [2.45, 2.75) is 19.0 Å². The Hall–Kier alpha value is -3.48. The van der Waals surface area contributed by atoms with Crippen molar-refractivity contribution in [3.05, 3.63) is 76.8 Å². The number of carbonyl (C=O) groups is 2. The van der Waals surface area contributed by atoms with E-state index in [2.05, 4.69) is 10.3 Å². The Kier molecular flexibility index (Phi) is 5.07. The standard InChI is InChI=1S/C19H17N3O4/c23-16(21-17(19(25)26)13-6-2-1-3-7-13)10-11-22-12-20-15-9-5-4-8-14(15)18(22)24/h1-9,12,17H,10-11H2,(H,21,23)(H,25,26)/t17-/m1/s1. The maximum Gasteiger partial charge on any atom is 0.330 e. The molecule has 0 radical (unpaired) electrons. The molecule has 1 aromatic heterocycles. The van der Waals surface area contributed by atoms with Crippen LogP contribution in [0.25, 0.3) is 10.9 Å². The monoisotopic (exact) mass is 351 g/mol. The van der Waals surface area contributed by atoms with Crippen LogP contribution in [-0.4, -0.2) is 26.5 Å². The first-order valence-electron chi connectivity index (χ1n) is 8.07. The molecule has 2 N–H and O–H groups in total. The first kappa shape index (κ1) is 17.3. The smallest absolute Gasteiger partial charge is 0.330 e. The topological polar surface area (TPSA) is 101 Å². The van der Waals surface area contributed by atoms with Gasteiger partial charge in [0.2, 0.25) is 5.91 Å². The van der Waals surface area contributed by atoms with Crippen molar-refractivity contribution >= 4 is 22.8 Å². The SMILES string of the molecule is O=C(CCn1cnc2ccccc2c1=O)N[C@@H](C(=O)O)c1ccccc1. The summed E-state index contributed by atoms with van der Waals surface area (Å²) in [4.78, 5) is 40.2. The number of aromatic nitrogens is 2. The van der Waals surface area contributed by atoms with Gasteiger partial charge < -0.3 is 10.4 Å². The van der Waals surface area contributed by atoms with Gasteiger partial charge in [-0.25, -0.2) is 9.78 Å². The number of carbonyl (C=O) groups excluding carboxylic acids is 1. The lowest BCUT2D eigenvalue weighted by atomic mass is 10.1. The summed E-state index contributed by atoms with van der Waals surface area (Å²) in [5.74, 6) is -1.60. The molecule has 0 saturated carbocycles. The Morgan fingerprint density at radius 1 is 1.08 bits per heavy atom. The molecule has 0 aliphatic carbocycles. The molecular formula is C19H17N3O4. The van der Waals surface area contributed by atoms with Gasteiger partial charge in [-0.15, -0.1) is 0 Å². The zero-order valence-electron chi connectivity index (χ0n) is 13.8. The van der Waals surface area contributed by atoms with Crippen molar-refractivity contribution in [3.63, 3.8) is 0 Å². The van der Waals surface area contributed by atoms with E-state index in [-0.39, 0.29) is 18.5 Å². The van der Waals surface area contributed by atoms with Crippen molar-refractivity contribution in [1.29, 1.82) is 0 Å². The number of rotatable bonds is 6. The summed E-state index contributed by atoms with van der Waals surface area (Å²) in [6.45, 7) is 0.115. The second-order valence-electron chi connectivity index (χ2n) is 5.76. The molecule has 1 amide bonds. The van der Waals surface area contributed by atoms with Gasteiger partial charge in [-0.3, -0.25) is 14.2 Å². The number of carboxylic acids is 1. The first-order valence-corrected chi connectivity index (χ1v) is 8.07. The molecule has 0 unspecified atom stereocenters. The third-order valence-electron chi connectivity index (χ3n) is 4.00. The average molecular weight is 351 g/mol. The Labute approximate surface area is 148 Å². The van der Waals surface area contributed by atoms with E-state index in [0.29, 0.717) is 16.5 Å². The number of nitrogens with zero attached hydrogens (tertiary/aromatic N) is 2. The van der Waals surface area contributed by atoms with Gasteiger partial charge >= 0.3 is 5.97 Å². The highest BCUT2D eigenvalue weighted by molar-refractivity contribution is 5.84. The maximum atomic E-state index is 12.4. The van der Waals surface area contributed by atoms with Crippen molar-refractivity contribution < 1.29 is 14.7 Å². The quantitative estimate of drug-likeness (QED) is 0.704. The molecule has 0 bridgehead atoms. The van der Waals surface area contributed by atoms with Gasteiger partial charge in [0.1, 0.15) is 0 Å². The minimum atomic E-state index is -1.14. The predicted octanol–water partition coefficient (Wildman–Crippen LogP) is 1.73. The second kappa shape index (κ2) is 7.60. The molecule has 2 aromatic carbocycles. The predicted molar refractivity (Wildman–Crippen MR) is 95.6 cm³/mol. The number of hydrogen-bond acceptors (Lipinski definition) is 4. The molecule has 26 heavy (non-hydrogen) atoms. The second-order valence-corrected chi connectivity index (χ2v) is 5.76. The minimum Gasteiger partial charge on any atom is -0.479 e. The zero-order valence-corrected chi connectivity index (χ0v) is 13.8. The van der Waals surface area contributed by atoms with Crippen molar-refractivity contribution in [2.75, 3.05) is 0 Å². The summed E-state index contributed by atoms with van der Waals surface area (Å²) in [6, 6.07) is 14.3. The molecule has 3 rings (SSSR count). The van der Waals surface area contributed by atoms with Crippen LogP contribution in [0.1, 0.15) is 18.0 Å². The molecule has 0 fully saturated rings. The number of para-hydroxylation sites is 1. The van der Waals surface area contributed by atoms with E-state index in [0.717, 1.165) is 0 Å². The summed E-state index contributed by atoms with van der Waals surface area (Å²) in [6.07, 6.45) is 1.36. The van der Waals surface area contributed by atoms with Crippen molar-refractivity contribution in [3.8, 4) is 0 Å². The molecule has 0 spiro atoms. The Morgan fingerprint density at radius 3 is 2.50 bits per heavy atom. The van der Waals surface area contributed by atoms with Crippen LogP contribution in [0.2, 0.25) is 0 Å². The fourth-order valence-corrected chi connectivity index (χ4v) is 2.65. The Bertz CT molecular complexity index is 998. The van der Waals surface area contributed by atoms with Crippen LogP contribution in [0.4, 0.5) is 0 Å². The Balaban J connectivity index is 1.70. The van der Waals surface area contributed by atoms with E-state index in [1.807, 2.05) is 0 Å². The molecule has 7 nitrogen and oxygen atoms in total. The van der Waals surface area contributed by atoms with Crippen LogP contribution in [0.15, 0.2) is 65.7 Å². The third kappa shape index (κ3) is 3.77. The van der Waals surface area contributed by atoms with Crippen LogP contribution >= 0.6 is 0 Å². The van der Waals surface area contributed by atoms with Gasteiger partial charge in [0.15, 0.2) is 6.04 Å². The number of fused-ring (bicyclic) bond motifs is 1. The molecule has 132 valence electrons.